The number of amides is 2. The molecule has 2 N–H and O–H groups in total. The Balaban J connectivity index is 1.59. The molecule has 6 heteroatoms. The summed E-state index contributed by atoms with van der Waals surface area (Å²) in [7, 11) is 3.36. The number of anilines is 1. The van der Waals surface area contributed by atoms with Crippen LogP contribution in [0.4, 0.5) is 5.69 Å². The van der Waals surface area contributed by atoms with Crippen LogP contribution < -0.4 is 10.1 Å². The number of fused-ring (bicyclic) bond motifs is 1. The molecule has 2 heterocycles. The zero-order chi connectivity index (χ0) is 19.0. The third kappa shape index (κ3) is 3.14. The average Bonchev–Trinajstić information content (AvgIpc) is 3.26. The van der Waals surface area contributed by atoms with Crippen LogP contribution in [0.5, 0.6) is 5.75 Å². The molecule has 4 rings (SSSR count). The number of aromatic amines is 1. The van der Waals surface area contributed by atoms with E-state index < -0.39 is 5.92 Å². The average molecular weight is 363 g/mol. The molecule has 1 fully saturated rings. The van der Waals surface area contributed by atoms with Crippen LogP contribution in [0, 0.1) is 5.92 Å². The molecule has 0 saturated carbocycles. The number of carbonyl (C=O) groups is 2. The predicted molar refractivity (Wildman–Crippen MR) is 104 cm³/mol. The number of nitrogens with zero attached hydrogens (tertiary/aromatic N) is 1. The quantitative estimate of drug-likeness (QED) is 0.747. The van der Waals surface area contributed by atoms with Gasteiger partial charge in [-0.15, -0.1) is 0 Å². The van der Waals surface area contributed by atoms with Gasteiger partial charge in [-0.25, -0.2) is 0 Å². The number of hydrogen-bond donors (Lipinski definition) is 2. The molecule has 1 aromatic heterocycles. The normalized spacial score (nSPS) is 19.5. The first-order valence-corrected chi connectivity index (χ1v) is 8.84. The van der Waals surface area contributed by atoms with E-state index in [0.717, 1.165) is 27.9 Å². The van der Waals surface area contributed by atoms with Crippen molar-refractivity contribution in [3.05, 3.63) is 60.3 Å². The largest absolute Gasteiger partial charge is 0.497 e. The van der Waals surface area contributed by atoms with E-state index in [9.17, 15) is 9.59 Å². The Morgan fingerprint density at radius 3 is 2.70 bits per heavy atom. The number of nitrogens with one attached hydrogen (secondary N) is 2. The van der Waals surface area contributed by atoms with Gasteiger partial charge in [-0.3, -0.25) is 9.59 Å². The van der Waals surface area contributed by atoms with Crippen molar-refractivity contribution in [3.63, 3.8) is 0 Å². The first-order valence-electron chi connectivity index (χ1n) is 8.84. The third-order valence-corrected chi connectivity index (χ3v) is 5.20. The first kappa shape index (κ1) is 17.1. The first-order chi connectivity index (χ1) is 13.1. The zero-order valence-corrected chi connectivity index (χ0v) is 15.2. The molecule has 1 saturated heterocycles. The summed E-state index contributed by atoms with van der Waals surface area (Å²) >= 11 is 0. The van der Waals surface area contributed by atoms with Crippen molar-refractivity contribution in [2.75, 3.05) is 19.5 Å². The Bertz CT molecular complexity index is 993. The van der Waals surface area contributed by atoms with Gasteiger partial charge >= 0.3 is 0 Å². The van der Waals surface area contributed by atoms with Crippen LogP contribution in [0.1, 0.15) is 18.0 Å². The second kappa shape index (κ2) is 6.79. The van der Waals surface area contributed by atoms with Crippen molar-refractivity contribution >= 4 is 28.4 Å². The number of benzene rings is 2. The van der Waals surface area contributed by atoms with Gasteiger partial charge in [0.2, 0.25) is 11.8 Å². The van der Waals surface area contributed by atoms with Crippen LogP contribution in [0.2, 0.25) is 0 Å². The molecule has 1 aliphatic rings. The fourth-order valence-electron chi connectivity index (χ4n) is 3.73. The van der Waals surface area contributed by atoms with E-state index >= 15 is 0 Å². The highest BCUT2D eigenvalue weighted by atomic mass is 16.5. The monoisotopic (exact) mass is 363 g/mol. The van der Waals surface area contributed by atoms with Gasteiger partial charge in [0.25, 0.3) is 0 Å². The number of likely N-dealkylation sites (tertiary alicyclic amines) is 1. The number of hydrogen-bond acceptors (Lipinski definition) is 3. The van der Waals surface area contributed by atoms with Crippen LogP contribution in [-0.4, -0.2) is 35.9 Å². The smallest absolute Gasteiger partial charge is 0.230 e. The van der Waals surface area contributed by atoms with Crippen molar-refractivity contribution in [2.45, 2.75) is 12.5 Å². The summed E-state index contributed by atoms with van der Waals surface area (Å²) in [5.41, 5.74) is 2.66. The van der Waals surface area contributed by atoms with E-state index in [1.165, 1.54) is 0 Å². The number of rotatable bonds is 4. The van der Waals surface area contributed by atoms with Crippen molar-refractivity contribution in [1.29, 1.82) is 0 Å². The number of methoxy groups -OCH3 is 1. The molecule has 0 spiro atoms. The summed E-state index contributed by atoms with van der Waals surface area (Å²) in [6.07, 6.45) is 2.06. The minimum Gasteiger partial charge on any atom is -0.497 e. The van der Waals surface area contributed by atoms with Gasteiger partial charge in [0.1, 0.15) is 5.75 Å². The maximum absolute atomic E-state index is 13.0. The number of aromatic nitrogens is 1. The van der Waals surface area contributed by atoms with Crippen LogP contribution in [0.25, 0.3) is 10.9 Å². The topological polar surface area (TPSA) is 74.4 Å². The Hall–Kier alpha value is -3.28. The molecule has 0 unspecified atom stereocenters. The lowest BCUT2D eigenvalue weighted by Gasteiger charge is -2.25. The lowest BCUT2D eigenvalue weighted by molar-refractivity contribution is -0.127. The van der Waals surface area contributed by atoms with Crippen molar-refractivity contribution in [3.8, 4) is 5.75 Å². The molecule has 2 aromatic carbocycles. The van der Waals surface area contributed by atoms with Crippen LogP contribution in [0.3, 0.4) is 0 Å². The van der Waals surface area contributed by atoms with Gasteiger partial charge in [-0.1, -0.05) is 12.1 Å². The van der Waals surface area contributed by atoms with Gasteiger partial charge in [-0.05, 0) is 42.0 Å². The summed E-state index contributed by atoms with van der Waals surface area (Å²) < 4.78 is 5.20. The number of ether oxygens (including phenoxy) is 1. The Morgan fingerprint density at radius 2 is 1.96 bits per heavy atom. The fourth-order valence-corrected chi connectivity index (χ4v) is 3.73. The maximum Gasteiger partial charge on any atom is 0.230 e. The molecule has 3 aromatic rings. The van der Waals surface area contributed by atoms with E-state index in [1.807, 2.05) is 54.7 Å². The summed E-state index contributed by atoms with van der Waals surface area (Å²) in [5.74, 6) is 0.116. The number of H-pyrrole nitrogens is 1. The Morgan fingerprint density at radius 1 is 1.19 bits per heavy atom. The summed E-state index contributed by atoms with van der Waals surface area (Å²) in [5, 5.41) is 4.00. The minimum atomic E-state index is -0.446. The number of carbonyl (C=O) groups excluding carboxylic acids is 2. The van der Waals surface area contributed by atoms with Gasteiger partial charge in [-0.2, -0.15) is 0 Å². The molecule has 27 heavy (non-hydrogen) atoms. The second-order valence-electron chi connectivity index (χ2n) is 6.80. The lowest BCUT2D eigenvalue weighted by atomic mass is 9.92. The van der Waals surface area contributed by atoms with Gasteiger partial charge in [0.15, 0.2) is 0 Å². The molecule has 0 bridgehead atoms. The van der Waals surface area contributed by atoms with Crippen LogP contribution in [0.15, 0.2) is 54.7 Å². The second-order valence-corrected chi connectivity index (χ2v) is 6.80. The van der Waals surface area contributed by atoms with E-state index in [1.54, 1.807) is 19.1 Å². The van der Waals surface area contributed by atoms with E-state index in [2.05, 4.69) is 10.3 Å². The van der Waals surface area contributed by atoms with Gasteiger partial charge in [0, 0.05) is 36.3 Å². The highest BCUT2D eigenvalue weighted by Crippen LogP contribution is 2.38. The molecule has 0 aliphatic carbocycles. The van der Waals surface area contributed by atoms with E-state index in [-0.39, 0.29) is 24.3 Å². The Labute approximate surface area is 157 Å². The molecular weight excluding hydrogens is 342 g/mol. The van der Waals surface area contributed by atoms with Crippen LogP contribution in [-0.2, 0) is 9.59 Å². The van der Waals surface area contributed by atoms with Crippen molar-refractivity contribution in [2.24, 2.45) is 5.92 Å². The fraction of sp³-hybridized carbons (Fsp3) is 0.238. The van der Waals surface area contributed by atoms with Gasteiger partial charge in [0.05, 0.1) is 19.1 Å². The standard InChI is InChI=1S/C21H21N3O3/c1-24-19(25)12-17(20(24)13-3-6-16(27-2)7-4-13)21(26)23-15-5-8-18-14(11-15)9-10-22-18/h3-11,17,20,22H,12H2,1-2H3,(H,23,26)/t17-,20+/m1/s1. The van der Waals surface area contributed by atoms with Crippen LogP contribution >= 0.6 is 0 Å². The molecular formula is C21H21N3O3. The summed E-state index contributed by atoms with van der Waals surface area (Å²) in [4.78, 5) is 30.1. The predicted octanol–water partition coefficient (Wildman–Crippen LogP) is 3.33. The molecule has 6 nitrogen and oxygen atoms in total. The van der Waals surface area contributed by atoms with E-state index in [0.29, 0.717) is 0 Å². The Kier molecular flexibility index (Phi) is 4.32. The minimum absolute atomic E-state index is 0.0305. The SMILES string of the molecule is COc1ccc([C@H]2[C@H](C(=O)Nc3ccc4[nH]ccc4c3)CC(=O)N2C)cc1. The van der Waals surface area contributed by atoms with E-state index in [4.69, 9.17) is 4.74 Å². The molecule has 0 radical (unpaired) electrons. The summed E-state index contributed by atoms with van der Waals surface area (Å²) in [6, 6.07) is 14.9. The molecule has 2 amide bonds. The molecule has 1 aliphatic heterocycles. The van der Waals surface area contributed by atoms with Crippen molar-refractivity contribution < 1.29 is 14.3 Å². The molecule has 2 atom stereocenters. The maximum atomic E-state index is 13.0. The zero-order valence-electron chi connectivity index (χ0n) is 15.2. The third-order valence-electron chi connectivity index (χ3n) is 5.20. The van der Waals surface area contributed by atoms with Gasteiger partial charge < -0.3 is 19.9 Å². The molecule has 138 valence electrons. The summed E-state index contributed by atoms with van der Waals surface area (Å²) in [6.45, 7) is 0. The highest BCUT2D eigenvalue weighted by molar-refractivity contribution is 5.99. The highest BCUT2D eigenvalue weighted by Gasteiger charge is 2.42. The lowest BCUT2D eigenvalue weighted by Crippen LogP contribution is -2.30. The van der Waals surface area contributed by atoms with Crippen molar-refractivity contribution in [1.82, 2.24) is 9.88 Å².